The van der Waals surface area contributed by atoms with Crippen molar-refractivity contribution in [3.8, 4) is 0 Å². The smallest absolute Gasteiger partial charge is 0.280 e. The Morgan fingerprint density at radius 3 is 2.32 bits per heavy atom. The third-order valence-corrected chi connectivity index (χ3v) is 4.07. The Labute approximate surface area is 121 Å². The molecule has 0 radical (unpaired) electrons. The van der Waals surface area contributed by atoms with Gasteiger partial charge in [-0.3, -0.25) is 0 Å². The molecule has 0 aliphatic carbocycles. The van der Waals surface area contributed by atoms with Crippen LogP contribution < -0.4 is 10.5 Å². The minimum atomic E-state index is -3.48. The van der Waals surface area contributed by atoms with Crippen LogP contribution in [0, 0.1) is 0 Å². The predicted octanol–water partition coefficient (Wildman–Crippen LogP) is 1.11. The predicted molar refractivity (Wildman–Crippen MR) is 80.3 cm³/mol. The monoisotopic (exact) mass is 307 g/mol. The van der Waals surface area contributed by atoms with Crippen molar-refractivity contribution in [1.29, 1.82) is 0 Å². The van der Waals surface area contributed by atoms with Gasteiger partial charge in [0.25, 0.3) is 10.2 Å². The second kappa shape index (κ2) is 8.50. The molecule has 0 aromatic heterocycles. The maximum Gasteiger partial charge on any atom is 0.280 e. The molecule has 0 saturated carbocycles. The van der Waals surface area contributed by atoms with Crippen molar-refractivity contribution in [2.75, 3.05) is 13.1 Å². The zero-order valence-electron chi connectivity index (χ0n) is 11.2. The van der Waals surface area contributed by atoms with Gasteiger partial charge in [-0.25, -0.2) is 0 Å². The van der Waals surface area contributed by atoms with Crippen LogP contribution in [0.25, 0.3) is 0 Å². The van der Waals surface area contributed by atoms with Gasteiger partial charge in [0.2, 0.25) is 0 Å². The molecular weight excluding hydrogens is 286 g/mol. The number of hydrogen-bond donors (Lipinski definition) is 2. The minimum absolute atomic E-state index is 0. The van der Waals surface area contributed by atoms with Gasteiger partial charge in [-0.1, -0.05) is 30.3 Å². The lowest BCUT2D eigenvalue weighted by Gasteiger charge is -2.23. The molecule has 5 nitrogen and oxygen atoms in total. The number of nitrogens with one attached hydrogen (secondary N) is 1. The van der Waals surface area contributed by atoms with Crippen molar-refractivity contribution in [3.63, 3.8) is 0 Å². The first kappa shape index (κ1) is 18.3. The normalized spacial score (nSPS) is 11.6. The zero-order valence-corrected chi connectivity index (χ0v) is 12.9. The lowest BCUT2D eigenvalue weighted by atomic mass is 10.2. The van der Waals surface area contributed by atoms with E-state index in [1.807, 2.05) is 30.3 Å². The molecule has 0 fully saturated rings. The third-order valence-electron chi connectivity index (χ3n) is 2.30. The van der Waals surface area contributed by atoms with Gasteiger partial charge in [0.15, 0.2) is 0 Å². The SMILES string of the molecule is CC(C)NS(=O)(=O)N(CCN)Cc1ccccc1.Cl. The molecular formula is C12H22ClN3O2S. The zero-order chi connectivity index (χ0) is 13.6. The summed E-state index contributed by atoms with van der Waals surface area (Å²) >= 11 is 0. The van der Waals surface area contributed by atoms with Crippen molar-refractivity contribution in [2.24, 2.45) is 5.73 Å². The molecule has 1 rings (SSSR count). The molecule has 0 aliphatic rings. The van der Waals surface area contributed by atoms with Crippen molar-refractivity contribution >= 4 is 22.6 Å². The van der Waals surface area contributed by atoms with Gasteiger partial charge in [0.05, 0.1) is 0 Å². The molecule has 1 aromatic rings. The van der Waals surface area contributed by atoms with Crippen LogP contribution in [0.2, 0.25) is 0 Å². The van der Waals surface area contributed by atoms with E-state index >= 15 is 0 Å². The van der Waals surface area contributed by atoms with E-state index in [0.717, 1.165) is 5.56 Å². The van der Waals surface area contributed by atoms with E-state index in [1.165, 1.54) is 4.31 Å². The Morgan fingerprint density at radius 1 is 1.26 bits per heavy atom. The van der Waals surface area contributed by atoms with Crippen LogP contribution in [0.4, 0.5) is 0 Å². The Balaban J connectivity index is 0.00000324. The number of rotatable bonds is 7. The Kier molecular flexibility index (Phi) is 8.20. The molecule has 0 heterocycles. The fraction of sp³-hybridized carbons (Fsp3) is 0.500. The van der Waals surface area contributed by atoms with Crippen molar-refractivity contribution in [3.05, 3.63) is 35.9 Å². The molecule has 1 aromatic carbocycles. The highest BCUT2D eigenvalue weighted by Crippen LogP contribution is 2.08. The summed E-state index contributed by atoms with van der Waals surface area (Å²) in [5.41, 5.74) is 6.42. The van der Waals surface area contributed by atoms with Gasteiger partial charge in [0, 0.05) is 25.7 Å². The van der Waals surface area contributed by atoms with E-state index in [1.54, 1.807) is 13.8 Å². The van der Waals surface area contributed by atoms with Crippen LogP contribution in [0.5, 0.6) is 0 Å². The van der Waals surface area contributed by atoms with Gasteiger partial charge in [-0.15, -0.1) is 12.4 Å². The molecule has 0 amide bonds. The lowest BCUT2D eigenvalue weighted by molar-refractivity contribution is 0.401. The summed E-state index contributed by atoms with van der Waals surface area (Å²) in [5.74, 6) is 0. The molecule has 0 bridgehead atoms. The third kappa shape index (κ3) is 6.35. The molecule has 0 saturated heterocycles. The lowest BCUT2D eigenvalue weighted by Crippen LogP contribution is -2.45. The maximum atomic E-state index is 12.1. The van der Waals surface area contributed by atoms with Crippen LogP contribution in [0.3, 0.4) is 0 Å². The van der Waals surface area contributed by atoms with E-state index in [0.29, 0.717) is 19.6 Å². The maximum absolute atomic E-state index is 12.1. The summed E-state index contributed by atoms with van der Waals surface area (Å²) in [6.07, 6.45) is 0. The van der Waals surface area contributed by atoms with Gasteiger partial charge in [-0.05, 0) is 19.4 Å². The molecule has 0 spiro atoms. The first-order valence-corrected chi connectivity index (χ1v) is 7.41. The van der Waals surface area contributed by atoms with E-state index in [9.17, 15) is 8.42 Å². The molecule has 3 N–H and O–H groups in total. The van der Waals surface area contributed by atoms with E-state index in [2.05, 4.69) is 4.72 Å². The highest BCUT2D eigenvalue weighted by molar-refractivity contribution is 7.87. The van der Waals surface area contributed by atoms with Crippen molar-refractivity contribution < 1.29 is 8.42 Å². The second-order valence-corrected chi connectivity index (χ2v) is 6.09. The topological polar surface area (TPSA) is 75.4 Å². The van der Waals surface area contributed by atoms with Crippen LogP contribution in [-0.2, 0) is 16.8 Å². The summed E-state index contributed by atoms with van der Waals surface area (Å²) in [7, 11) is -3.48. The quantitative estimate of drug-likeness (QED) is 0.792. The van der Waals surface area contributed by atoms with E-state index in [4.69, 9.17) is 5.73 Å². The number of nitrogens with zero attached hydrogens (tertiary/aromatic N) is 1. The van der Waals surface area contributed by atoms with Crippen LogP contribution >= 0.6 is 12.4 Å². The molecule has 19 heavy (non-hydrogen) atoms. The van der Waals surface area contributed by atoms with Crippen molar-refractivity contribution in [2.45, 2.75) is 26.4 Å². The number of hydrogen-bond acceptors (Lipinski definition) is 3. The van der Waals surface area contributed by atoms with Crippen LogP contribution in [0.1, 0.15) is 19.4 Å². The number of benzene rings is 1. The fourth-order valence-electron chi connectivity index (χ4n) is 1.59. The summed E-state index contributed by atoms with van der Waals surface area (Å²) in [6.45, 7) is 4.52. The first-order chi connectivity index (χ1) is 8.45. The van der Waals surface area contributed by atoms with Crippen molar-refractivity contribution in [1.82, 2.24) is 9.03 Å². The number of nitrogens with two attached hydrogens (primary N) is 1. The average Bonchev–Trinajstić information content (AvgIpc) is 2.28. The van der Waals surface area contributed by atoms with E-state index in [-0.39, 0.29) is 18.4 Å². The Morgan fingerprint density at radius 2 is 1.84 bits per heavy atom. The standard InChI is InChI=1S/C12H21N3O2S.ClH/c1-11(2)14-18(16,17)15(9-8-13)10-12-6-4-3-5-7-12;/h3-7,11,14H,8-10,13H2,1-2H3;1H. The Hall–Kier alpha value is -0.660. The van der Waals surface area contributed by atoms with E-state index < -0.39 is 10.2 Å². The Bertz CT molecular complexity index is 451. The summed E-state index contributed by atoms with van der Waals surface area (Å²) in [5, 5.41) is 0. The molecule has 0 unspecified atom stereocenters. The highest BCUT2D eigenvalue weighted by atomic mass is 35.5. The van der Waals surface area contributed by atoms with Gasteiger partial charge < -0.3 is 5.73 Å². The molecule has 110 valence electrons. The summed E-state index contributed by atoms with van der Waals surface area (Å²) in [6, 6.07) is 9.34. The molecule has 0 atom stereocenters. The van der Waals surface area contributed by atoms with Crippen LogP contribution in [-0.4, -0.2) is 31.9 Å². The van der Waals surface area contributed by atoms with Crippen LogP contribution in [0.15, 0.2) is 30.3 Å². The summed E-state index contributed by atoms with van der Waals surface area (Å²) in [4.78, 5) is 0. The van der Waals surface area contributed by atoms with Gasteiger partial charge in [-0.2, -0.15) is 17.4 Å². The highest BCUT2D eigenvalue weighted by Gasteiger charge is 2.21. The molecule has 0 aliphatic heterocycles. The summed E-state index contributed by atoms with van der Waals surface area (Å²) < 4.78 is 28.1. The first-order valence-electron chi connectivity index (χ1n) is 5.97. The second-order valence-electron chi connectivity index (χ2n) is 4.39. The average molecular weight is 308 g/mol. The largest absolute Gasteiger partial charge is 0.329 e. The van der Waals surface area contributed by atoms with Gasteiger partial charge >= 0.3 is 0 Å². The van der Waals surface area contributed by atoms with Gasteiger partial charge in [0.1, 0.15) is 0 Å². The minimum Gasteiger partial charge on any atom is -0.329 e. The molecule has 7 heteroatoms. The number of halogens is 1. The fourth-order valence-corrected chi connectivity index (χ4v) is 3.00.